The minimum absolute atomic E-state index is 0.0991. The summed E-state index contributed by atoms with van der Waals surface area (Å²) in [5.74, 6) is -0.260. The van der Waals surface area contributed by atoms with Gasteiger partial charge in [0.25, 0.3) is 0 Å². The molecule has 0 aromatic heterocycles. The average Bonchev–Trinajstić information content (AvgIpc) is 2.15. The predicted molar refractivity (Wildman–Crippen MR) is 50.4 cm³/mol. The topological polar surface area (TPSA) is 107 Å². The molecule has 1 heterocycles. The Balaban J connectivity index is 3.42. The molecule has 0 fully saturated rings. The van der Waals surface area contributed by atoms with E-state index in [0.717, 1.165) is 0 Å². The van der Waals surface area contributed by atoms with Gasteiger partial charge >= 0.3 is 0 Å². The van der Waals surface area contributed by atoms with E-state index in [1.165, 1.54) is 6.92 Å². The van der Waals surface area contributed by atoms with Crippen LogP contribution in [0.3, 0.4) is 0 Å². The minimum Gasteiger partial charge on any atom is -0.456 e. The van der Waals surface area contributed by atoms with Gasteiger partial charge in [0.1, 0.15) is 11.6 Å². The van der Waals surface area contributed by atoms with Crippen molar-refractivity contribution in [2.24, 2.45) is 11.1 Å². The SMILES string of the molecule is C[C@@]1(Cl)CC(C#N)(C#N)C(C#N)=C(N)O1. The predicted octanol–water partition coefficient (Wildman–Crippen LogP) is 1.09. The lowest BCUT2D eigenvalue weighted by molar-refractivity contribution is 0.0475. The Kier molecular flexibility index (Phi) is 2.50. The van der Waals surface area contributed by atoms with Crippen LogP contribution in [0, 0.1) is 39.4 Å². The van der Waals surface area contributed by atoms with Gasteiger partial charge in [-0.1, -0.05) is 11.6 Å². The standard InChI is InChI=1S/C9H7ClN4O/c1-8(10)3-9(4-12,5-13)6(2-11)7(14)15-8/h3,14H2,1H3/t8-/m0/s1. The first-order valence-corrected chi connectivity index (χ1v) is 4.39. The molecule has 0 bridgehead atoms. The zero-order valence-electron chi connectivity index (χ0n) is 7.91. The summed E-state index contributed by atoms with van der Waals surface area (Å²) in [6, 6.07) is 5.25. The summed E-state index contributed by atoms with van der Waals surface area (Å²) in [4.78, 5) is 0. The molecule has 2 N–H and O–H groups in total. The van der Waals surface area contributed by atoms with Gasteiger partial charge in [0.15, 0.2) is 10.5 Å². The highest BCUT2D eigenvalue weighted by Crippen LogP contribution is 2.44. The van der Waals surface area contributed by atoms with Gasteiger partial charge < -0.3 is 10.5 Å². The molecule has 0 saturated heterocycles. The number of alkyl halides is 1. The maximum Gasteiger partial charge on any atom is 0.202 e. The number of nitrogens with zero attached hydrogens (tertiary/aromatic N) is 3. The van der Waals surface area contributed by atoms with Crippen LogP contribution in [-0.4, -0.2) is 5.06 Å². The molecular formula is C9H7ClN4O. The summed E-state index contributed by atoms with van der Waals surface area (Å²) in [6.45, 7) is 1.49. The third-order valence-electron chi connectivity index (χ3n) is 2.07. The van der Waals surface area contributed by atoms with Crippen molar-refractivity contribution in [2.75, 3.05) is 0 Å². The number of ether oxygens (including phenoxy) is 1. The van der Waals surface area contributed by atoms with Crippen molar-refractivity contribution in [3.05, 3.63) is 11.5 Å². The summed E-state index contributed by atoms with van der Waals surface area (Å²) in [7, 11) is 0. The number of hydrogen-bond donors (Lipinski definition) is 1. The molecule has 1 rings (SSSR count). The molecule has 0 radical (unpaired) electrons. The molecular weight excluding hydrogens is 216 g/mol. The lowest BCUT2D eigenvalue weighted by atomic mass is 9.77. The van der Waals surface area contributed by atoms with Crippen LogP contribution in [-0.2, 0) is 4.74 Å². The van der Waals surface area contributed by atoms with Crippen molar-refractivity contribution in [3.63, 3.8) is 0 Å². The fraction of sp³-hybridized carbons (Fsp3) is 0.444. The van der Waals surface area contributed by atoms with Crippen molar-refractivity contribution in [2.45, 2.75) is 18.4 Å². The van der Waals surface area contributed by atoms with Crippen LogP contribution in [0.2, 0.25) is 0 Å². The van der Waals surface area contributed by atoms with Crippen molar-refractivity contribution in [3.8, 4) is 18.2 Å². The molecule has 6 heteroatoms. The van der Waals surface area contributed by atoms with Gasteiger partial charge in [0.2, 0.25) is 5.88 Å². The van der Waals surface area contributed by atoms with E-state index in [4.69, 9.17) is 37.9 Å². The van der Waals surface area contributed by atoms with Crippen LogP contribution in [0.5, 0.6) is 0 Å². The monoisotopic (exact) mass is 222 g/mol. The van der Waals surface area contributed by atoms with E-state index in [9.17, 15) is 0 Å². The molecule has 0 aromatic rings. The Morgan fingerprint density at radius 3 is 2.33 bits per heavy atom. The van der Waals surface area contributed by atoms with Crippen LogP contribution in [0.25, 0.3) is 0 Å². The summed E-state index contributed by atoms with van der Waals surface area (Å²) in [5.41, 5.74) is 3.65. The van der Waals surface area contributed by atoms with E-state index in [1.807, 2.05) is 0 Å². The second-order valence-electron chi connectivity index (χ2n) is 3.36. The van der Waals surface area contributed by atoms with E-state index >= 15 is 0 Å². The van der Waals surface area contributed by atoms with Gasteiger partial charge in [-0.2, -0.15) is 15.8 Å². The summed E-state index contributed by atoms with van der Waals surface area (Å²) in [6.07, 6.45) is -0.0991. The zero-order chi connectivity index (χ0) is 11.7. The lowest BCUT2D eigenvalue weighted by Gasteiger charge is -2.34. The van der Waals surface area contributed by atoms with E-state index in [1.54, 1.807) is 18.2 Å². The Hall–Kier alpha value is -1.90. The number of halogens is 1. The lowest BCUT2D eigenvalue weighted by Crippen LogP contribution is -2.39. The second kappa shape index (κ2) is 3.35. The molecule has 0 aromatic carbocycles. The van der Waals surface area contributed by atoms with Crippen molar-refractivity contribution < 1.29 is 4.74 Å². The van der Waals surface area contributed by atoms with Crippen molar-refractivity contribution in [1.29, 1.82) is 15.8 Å². The van der Waals surface area contributed by atoms with Gasteiger partial charge in [-0.3, -0.25) is 0 Å². The molecule has 1 aliphatic heterocycles. The third-order valence-corrected chi connectivity index (χ3v) is 2.28. The van der Waals surface area contributed by atoms with Crippen LogP contribution in [0.1, 0.15) is 13.3 Å². The molecule has 0 spiro atoms. The van der Waals surface area contributed by atoms with Gasteiger partial charge in [-0.05, 0) is 6.92 Å². The highest BCUT2D eigenvalue weighted by molar-refractivity contribution is 6.22. The highest BCUT2D eigenvalue weighted by Gasteiger charge is 2.49. The van der Waals surface area contributed by atoms with Gasteiger partial charge in [0, 0.05) is 6.42 Å². The smallest absolute Gasteiger partial charge is 0.202 e. The highest BCUT2D eigenvalue weighted by atomic mass is 35.5. The number of rotatable bonds is 0. The Bertz CT molecular complexity index is 432. The van der Waals surface area contributed by atoms with Crippen molar-refractivity contribution in [1.82, 2.24) is 0 Å². The fourth-order valence-electron chi connectivity index (χ4n) is 1.46. The molecule has 0 unspecified atom stereocenters. The molecule has 5 nitrogen and oxygen atoms in total. The number of nitriles is 3. The normalized spacial score (nSPS) is 28.2. The third kappa shape index (κ3) is 1.68. The van der Waals surface area contributed by atoms with Crippen molar-refractivity contribution >= 4 is 11.6 Å². The summed E-state index contributed by atoms with van der Waals surface area (Å²) in [5, 5.41) is 25.5. The number of hydrogen-bond acceptors (Lipinski definition) is 5. The zero-order valence-corrected chi connectivity index (χ0v) is 8.67. The summed E-state index contributed by atoms with van der Waals surface area (Å²) >= 11 is 5.88. The van der Waals surface area contributed by atoms with Crippen LogP contribution in [0.4, 0.5) is 0 Å². The Morgan fingerprint density at radius 1 is 1.40 bits per heavy atom. The number of nitrogens with two attached hydrogens (primary N) is 1. The minimum atomic E-state index is -1.62. The quantitative estimate of drug-likeness (QED) is 0.618. The molecule has 76 valence electrons. The van der Waals surface area contributed by atoms with Gasteiger partial charge in [-0.15, -0.1) is 0 Å². The maximum atomic E-state index is 8.97. The van der Waals surface area contributed by atoms with Crippen LogP contribution in [0.15, 0.2) is 11.5 Å². The molecule has 0 saturated carbocycles. The first kappa shape index (κ1) is 11.2. The molecule has 1 atom stereocenters. The van der Waals surface area contributed by atoms with E-state index in [0.29, 0.717) is 0 Å². The van der Waals surface area contributed by atoms with E-state index in [2.05, 4.69) is 0 Å². The van der Waals surface area contributed by atoms with E-state index in [-0.39, 0.29) is 17.9 Å². The Morgan fingerprint density at radius 2 is 1.93 bits per heavy atom. The maximum absolute atomic E-state index is 8.97. The first-order chi connectivity index (χ1) is 6.90. The average molecular weight is 223 g/mol. The second-order valence-corrected chi connectivity index (χ2v) is 4.16. The van der Waals surface area contributed by atoms with Crippen LogP contribution < -0.4 is 5.73 Å². The van der Waals surface area contributed by atoms with Gasteiger partial charge in [-0.25, -0.2) is 0 Å². The van der Waals surface area contributed by atoms with E-state index < -0.39 is 10.5 Å². The first-order valence-electron chi connectivity index (χ1n) is 4.01. The molecule has 0 amide bonds. The Labute approximate surface area is 91.9 Å². The van der Waals surface area contributed by atoms with Gasteiger partial charge in [0.05, 0.1) is 12.1 Å². The molecule has 1 aliphatic rings. The fourth-order valence-corrected chi connectivity index (χ4v) is 1.74. The molecule has 0 aliphatic carbocycles. The largest absolute Gasteiger partial charge is 0.456 e. The molecule has 15 heavy (non-hydrogen) atoms. The summed E-state index contributed by atoms with van der Waals surface area (Å²) < 4.78 is 5.03. The van der Waals surface area contributed by atoms with Crippen LogP contribution >= 0.6 is 11.6 Å². The number of allylic oxidation sites excluding steroid dienone is 1.